The summed E-state index contributed by atoms with van der Waals surface area (Å²) in [7, 11) is 0. The number of hydrogen-bond donors (Lipinski definition) is 1. The summed E-state index contributed by atoms with van der Waals surface area (Å²) in [6.45, 7) is 2.70. The molecule has 2 atom stereocenters. The van der Waals surface area contributed by atoms with Gasteiger partial charge in [-0.1, -0.05) is 0 Å². The Hall–Kier alpha value is -0.0800. The fraction of sp³-hybridized carbons (Fsp3) is 1.00. The monoisotopic (exact) mass is 144 g/mol. The Bertz CT molecular complexity index is 85.3. The third kappa shape index (κ3) is 2.67. The van der Waals surface area contributed by atoms with E-state index in [2.05, 4.69) is 0 Å². The lowest BCUT2D eigenvalue weighted by Crippen LogP contribution is -2.23. The molecular formula is C8H16O2. The van der Waals surface area contributed by atoms with Crippen LogP contribution in [0, 0.1) is 0 Å². The van der Waals surface area contributed by atoms with Crippen LogP contribution < -0.4 is 0 Å². The van der Waals surface area contributed by atoms with Crippen molar-refractivity contribution in [3.63, 3.8) is 0 Å². The van der Waals surface area contributed by atoms with E-state index in [9.17, 15) is 0 Å². The molecule has 1 aliphatic heterocycles. The molecular weight excluding hydrogens is 128 g/mol. The van der Waals surface area contributed by atoms with Gasteiger partial charge in [0.2, 0.25) is 0 Å². The van der Waals surface area contributed by atoms with Gasteiger partial charge in [0, 0.05) is 6.61 Å². The van der Waals surface area contributed by atoms with Gasteiger partial charge in [-0.05, 0) is 32.6 Å². The lowest BCUT2D eigenvalue weighted by Gasteiger charge is -2.23. The number of ether oxygens (including phenoxy) is 1. The maximum Gasteiger partial charge on any atom is 0.0599 e. The second kappa shape index (κ2) is 3.94. The third-order valence-electron chi connectivity index (χ3n) is 1.88. The molecule has 10 heavy (non-hydrogen) atoms. The van der Waals surface area contributed by atoms with Gasteiger partial charge in [0.15, 0.2) is 0 Å². The molecule has 1 saturated heterocycles. The Morgan fingerprint density at radius 3 is 2.90 bits per heavy atom. The molecule has 0 amide bonds. The summed E-state index contributed by atoms with van der Waals surface area (Å²) < 4.78 is 5.43. The first-order valence-corrected chi connectivity index (χ1v) is 4.08. The molecule has 2 heteroatoms. The summed E-state index contributed by atoms with van der Waals surface area (Å²) in [6.07, 6.45) is 4.51. The lowest BCUT2D eigenvalue weighted by atomic mass is 10.0. The van der Waals surface area contributed by atoms with E-state index in [1.807, 2.05) is 6.92 Å². The highest BCUT2D eigenvalue weighted by Gasteiger charge is 2.15. The second-order valence-corrected chi connectivity index (χ2v) is 3.07. The Labute approximate surface area is 62.2 Å². The van der Waals surface area contributed by atoms with Crippen molar-refractivity contribution in [2.45, 2.75) is 44.8 Å². The molecule has 1 aliphatic rings. The predicted octanol–water partition coefficient (Wildman–Crippen LogP) is 1.33. The van der Waals surface area contributed by atoms with E-state index in [1.165, 1.54) is 12.8 Å². The largest absolute Gasteiger partial charge is 0.393 e. The van der Waals surface area contributed by atoms with Crippen LogP contribution in [-0.2, 0) is 4.74 Å². The third-order valence-corrected chi connectivity index (χ3v) is 1.88. The van der Waals surface area contributed by atoms with Gasteiger partial charge in [0.25, 0.3) is 0 Å². The minimum absolute atomic E-state index is 0.205. The molecule has 1 rings (SSSR count). The van der Waals surface area contributed by atoms with Gasteiger partial charge >= 0.3 is 0 Å². The summed E-state index contributed by atoms with van der Waals surface area (Å²) in [6, 6.07) is 0. The summed E-state index contributed by atoms with van der Waals surface area (Å²) >= 11 is 0. The minimum Gasteiger partial charge on any atom is -0.393 e. The maximum absolute atomic E-state index is 9.02. The summed E-state index contributed by atoms with van der Waals surface area (Å²) in [5.74, 6) is 0. The van der Waals surface area contributed by atoms with E-state index in [0.29, 0.717) is 6.10 Å². The molecule has 0 aromatic carbocycles. The van der Waals surface area contributed by atoms with Crippen LogP contribution in [0.1, 0.15) is 32.6 Å². The average molecular weight is 144 g/mol. The van der Waals surface area contributed by atoms with Crippen molar-refractivity contribution in [3.8, 4) is 0 Å². The fourth-order valence-electron chi connectivity index (χ4n) is 1.37. The van der Waals surface area contributed by atoms with E-state index in [1.54, 1.807) is 0 Å². The molecule has 0 saturated carbocycles. The summed E-state index contributed by atoms with van der Waals surface area (Å²) in [5.41, 5.74) is 0. The van der Waals surface area contributed by atoms with Crippen LogP contribution in [0.15, 0.2) is 0 Å². The van der Waals surface area contributed by atoms with Crippen LogP contribution >= 0.6 is 0 Å². The van der Waals surface area contributed by atoms with Crippen molar-refractivity contribution in [2.24, 2.45) is 0 Å². The van der Waals surface area contributed by atoms with Crippen LogP contribution in [0.2, 0.25) is 0 Å². The SMILES string of the molecule is C[C@H](O)CC1CCCCO1. The molecule has 60 valence electrons. The first-order chi connectivity index (χ1) is 4.79. The van der Waals surface area contributed by atoms with E-state index in [-0.39, 0.29) is 6.10 Å². The Balaban J connectivity index is 2.13. The van der Waals surface area contributed by atoms with Crippen LogP contribution in [0.5, 0.6) is 0 Å². The standard InChI is InChI=1S/C8H16O2/c1-7(9)6-8-4-2-3-5-10-8/h7-9H,2-6H2,1H3/t7-,8?/m0/s1. The van der Waals surface area contributed by atoms with Crippen LogP contribution in [0.4, 0.5) is 0 Å². The number of aliphatic hydroxyl groups is 1. The molecule has 1 N–H and O–H groups in total. The maximum atomic E-state index is 9.02. The minimum atomic E-state index is -0.205. The van der Waals surface area contributed by atoms with Crippen molar-refractivity contribution < 1.29 is 9.84 Å². The average Bonchev–Trinajstić information content (AvgIpc) is 1.88. The van der Waals surface area contributed by atoms with Gasteiger partial charge in [-0.25, -0.2) is 0 Å². The second-order valence-electron chi connectivity index (χ2n) is 3.07. The molecule has 2 nitrogen and oxygen atoms in total. The molecule has 0 spiro atoms. The molecule has 0 aromatic rings. The Morgan fingerprint density at radius 1 is 1.60 bits per heavy atom. The quantitative estimate of drug-likeness (QED) is 0.633. The molecule has 0 aliphatic carbocycles. The van der Waals surface area contributed by atoms with Gasteiger partial charge < -0.3 is 9.84 Å². The van der Waals surface area contributed by atoms with E-state index >= 15 is 0 Å². The Kier molecular flexibility index (Phi) is 3.16. The van der Waals surface area contributed by atoms with Crippen LogP contribution in [0.25, 0.3) is 0 Å². The molecule has 1 unspecified atom stereocenters. The highest BCUT2D eigenvalue weighted by molar-refractivity contribution is 4.65. The molecule has 0 aromatic heterocycles. The fourth-order valence-corrected chi connectivity index (χ4v) is 1.37. The smallest absolute Gasteiger partial charge is 0.0599 e. The highest BCUT2D eigenvalue weighted by atomic mass is 16.5. The first kappa shape index (κ1) is 8.02. The van der Waals surface area contributed by atoms with Crippen LogP contribution in [0.3, 0.4) is 0 Å². The van der Waals surface area contributed by atoms with Crippen molar-refractivity contribution >= 4 is 0 Å². The molecule has 0 radical (unpaired) electrons. The van der Waals surface area contributed by atoms with Crippen molar-refractivity contribution in [1.29, 1.82) is 0 Å². The zero-order chi connectivity index (χ0) is 7.40. The van der Waals surface area contributed by atoms with Gasteiger partial charge in [-0.3, -0.25) is 0 Å². The van der Waals surface area contributed by atoms with Gasteiger partial charge in [0.1, 0.15) is 0 Å². The van der Waals surface area contributed by atoms with Gasteiger partial charge in [-0.15, -0.1) is 0 Å². The molecule has 1 fully saturated rings. The number of rotatable bonds is 2. The van der Waals surface area contributed by atoms with Crippen molar-refractivity contribution in [3.05, 3.63) is 0 Å². The summed E-state index contributed by atoms with van der Waals surface area (Å²) in [4.78, 5) is 0. The van der Waals surface area contributed by atoms with E-state index < -0.39 is 0 Å². The van der Waals surface area contributed by atoms with Crippen molar-refractivity contribution in [2.75, 3.05) is 6.61 Å². The topological polar surface area (TPSA) is 29.5 Å². The van der Waals surface area contributed by atoms with Crippen LogP contribution in [-0.4, -0.2) is 23.9 Å². The van der Waals surface area contributed by atoms with E-state index in [0.717, 1.165) is 19.4 Å². The Morgan fingerprint density at radius 2 is 2.40 bits per heavy atom. The summed E-state index contributed by atoms with van der Waals surface area (Å²) in [5, 5.41) is 9.02. The zero-order valence-electron chi connectivity index (χ0n) is 6.55. The zero-order valence-corrected chi connectivity index (χ0v) is 6.55. The number of hydrogen-bond acceptors (Lipinski definition) is 2. The highest BCUT2D eigenvalue weighted by Crippen LogP contribution is 2.16. The number of aliphatic hydroxyl groups excluding tert-OH is 1. The van der Waals surface area contributed by atoms with E-state index in [4.69, 9.17) is 9.84 Å². The van der Waals surface area contributed by atoms with Gasteiger partial charge in [0.05, 0.1) is 12.2 Å². The van der Waals surface area contributed by atoms with Crippen molar-refractivity contribution in [1.82, 2.24) is 0 Å². The molecule has 1 heterocycles. The predicted molar refractivity (Wildman–Crippen MR) is 39.9 cm³/mol. The normalized spacial score (nSPS) is 30.0. The first-order valence-electron chi connectivity index (χ1n) is 4.08. The lowest BCUT2D eigenvalue weighted by molar-refractivity contribution is -0.0116. The van der Waals surface area contributed by atoms with Gasteiger partial charge in [-0.2, -0.15) is 0 Å². The molecule has 0 bridgehead atoms.